The predicted molar refractivity (Wildman–Crippen MR) is 62.5 cm³/mol. The highest BCUT2D eigenvalue weighted by molar-refractivity contribution is 5.73. The first-order chi connectivity index (χ1) is 8.27. The largest absolute Gasteiger partial charge is 0.379 e. The molecular formula is C11H21N3O3. The van der Waals surface area contributed by atoms with E-state index in [0.29, 0.717) is 25.7 Å². The molecule has 2 aliphatic rings. The van der Waals surface area contributed by atoms with Crippen molar-refractivity contribution in [3.05, 3.63) is 0 Å². The molecule has 0 saturated carbocycles. The second kappa shape index (κ2) is 6.18. The molecule has 1 atom stereocenters. The number of rotatable bonds is 3. The van der Waals surface area contributed by atoms with E-state index in [0.717, 1.165) is 32.7 Å². The number of morpholine rings is 1. The fourth-order valence-corrected chi connectivity index (χ4v) is 2.08. The second-order valence-electron chi connectivity index (χ2n) is 4.47. The van der Waals surface area contributed by atoms with E-state index in [1.807, 2.05) is 0 Å². The van der Waals surface area contributed by atoms with Crippen LogP contribution in [0.5, 0.6) is 0 Å². The van der Waals surface area contributed by atoms with Crippen LogP contribution in [-0.2, 0) is 9.57 Å². The first-order valence-electron chi connectivity index (χ1n) is 6.27. The van der Waals surface area contributed by atoms with E-state index in [1.54, 1.807) is 0 Å². The van der Waals surface area contributed by atoms with Gasteiger partial charge in [-0.15, -0.1) is 0 Å². The lowest BCUT2D eigenvalue weighted by molar-refractivity contribution is -0.0667. The highest BCUT2D eigenvalue weighted by Gasteiger charge is 2.21. The standard InChI is InChI=1S/C11H21N3O3/c1-10(13-4-7-16-8-5-13)9-12-11(15)14-3-2-6-17-14/h10H,2-9H2,1H3,(H,12,15)/t10-/m0/s1. The highest BCUT2D eigenvalue weighted by atomic mass is 16.7. The number of nitrogens with one attached hydrogen (secondary N) is 1. The van der Waals surface area contributed by atoms with Gasteiger partial charge in [0.25, 0.3) is 0 Å². The SMILES string of the molecule is C[C@@H](CNC(=O)N1CCCO1)N1CCOCC1. The lowest BCUT2D eigenvalue weighted by Crippen LogP contribution is -2.49. The number of carbonyl (C=O) groups is 1. The molecule has 2 fully saturated rings. The molecule has 2 amide bonds. The average Bonchev–Trinajstić information content (AvgIpc) is 2.90. The summed E-state index contributed by atoms with van der Waals surface area (Å²) in [5.41, 5.74) is 0. The molecule has 6 nitrogen and oxygen atoms in total. The summed E-state index contributed by atoms with van der Waals surface area (Å²) in [7, 11) is 0. The number of amides is 2. The fourth-order valence-electron chi connectivity index (χ4n) is 2.08. The molecule has 1 N–H and O–H groups in total. The molecule has 0 spiro atoms. The molecule has 98 valence electrons. The van der Waals surface area contributed by atoms with Crippen LogP contribution in [0, 0.1) is 0 Å². The molecule has 2 saturated heterocycles. The van der Waals surface area contributed by atoms with Gasteiger partial charge < -0.3 is 10.1 Å². The van der Waals surface area contributed by atoms with E-state index in [-0.39, 0.29) is 6.03 Å². The van der Waals surface area contributed by atoms with Crippen LogP contribution in [0.4, 0.5) is 4.79 Å². The quantitative estimate of drug-likeness (QED) is 0.761. The zero-order chi connectivity index (χ0) is 12.1. The van der Waals surface area contributed by atoms with Crippen LogP contribution in [0.15, 0.2) is 0 Å². The van der Waals surface area contributed by atoms with E-state index >= 15 is 0 Å². The van der Waals surface area contributed by atoms with Gasteiger partial charge in [0.2, 0.25) is 0 Å². The molecule has 0 bridgehead atoms. The molecule has 6 heteroatoms. The van der Waals surface area contributed by atoms with Crippen molar-refractivity contribution in [2.45, 2.75) is 19.4 Å². The van der Waals surface area contributed by atoms with Crippen molar-refractivity contribution in [1.29, 1.82) is 0 Å². The summed E-state index contributed by atoms with van der Waals surface area (Å²) >= 11 is 0. The molecule has 0 aromatic carbocycles. The number of urea groups is 1. The molecule has 0 radical (unpaired) electrons. The van der Waals surface area contributed by atoms with Crippen molar-refractivity contribution in [2.24, 2.45) is 0 Å². The van der Waals surface area contributed by atoms with Crippen molar-refractivity contribution in [3.63, 3.8) is 0 Å². The topological polar surface area (TPSA) is 54.0 Å². The van der Waals surface area contributed by atoms with E-state index in [2.05, 4.69) is 17.1 Å². The maximum Gasteiger partial charge on any atom is 0.341 e. The Kier molecular flexibility index (Phi) is 4.58. The molecular weight excluding hydrogens is 222 g/mol. The van der Waals surface area contributed by atoms with Crippen LogP contribution < -0.4 is 5.32 Å². The maximum atomic E-state index is 11.7. The van der Waals surface area contributed by atoms with Gasteiger partial charge in [0.15, 0.2) is 0 Å². The van der Waals surface area contributed by atoms with Gasteiger partial charge in [-0.05, 0) is 13.3 Å². The minimum absolute atomic E-state index is 0.123. The van der Waals surface area contributed by atoms with Crippen LogP contribution in [-0.4, -0.2) is 68.0 Å². The number of hydrogen-bond acceptors (Lipinski definition) is 4. The van der Waals surface area contributed by atoms with Crippen molar-refractivity contribution in [1.82, 2.24) is 15.3 Å². The number of ether oxygens (including phenoxy) is 1. The van der Waals surface area contributed by atoms with Crippen molar-refractivity contribution in [3.8, 4) is 0 Å². The van der Waals surface area contributed by atoms with Crippen LogP contribution in [0.3, 0.4) is 0 Å². The number of hydrogen-bond donors (Lipinski definition) is 1. The zero-order valence-corrected chi connectivity index (χ0v) is 10.4. The third-order valence-corrected chi connectivity index (χ3v) is 3.20. The van der Waals surface area contributed by atoms with Gasteiger partial charge in [-0.3, -0.25) is 9.74 Å². The predicted octanol–water partition coefficient (Wildman–Crippen LogP) is 0.0540. The number of nitrogens with zero attached hydrogens (tertiary/aromatic N) is 2. The van der Waals surface area contributed by atoms with Crippen molar-refractivity contribution < 1.29 is 14.4 Å². The molecule has 2 heterocycles. The van der Waals surface area contributed by atoms with Gasteiger partial charge in [-0.2, -0.15) is 0 Å². The third-order valence-electron chi connectivity index (χ3n) is 3.20. The lowest BCUT2D eigenvalue weighted by atomic mass is 10.2. The smallest absolute Gasteiger partial charge is 0.341 e. The van der Waals surface area contributed by atoms with Gasteiger partial charge in [-0.25, -0.2) is 9.86 Å². The minimum Gasteiger partial charge on any atom is -0.379 e. The number of carbonyl (C=O) groups excluding carboxylic acids is 1. The molecule has 2 rings (SSSR count). The average molecular weight is 243 g/mol. The Bertz CT molecular complexity index is 250. The highest BCUT2D eigenvalue weighted by Crippen LogP contribution is 2.05. The van der Waals surface area contributed by atoms with Gasteiger partial charge in [0.05, 0.1) is 26.4 Å². The first-order valence-corrected chi connectivity index (χ1v) is 6.27. The molecule has 0 unspecified atom stereocenters. The van der Waals surface area contributed by atoms with Crippen LogP contribution in [0.1, 0.15) is 13.3 Å². The van der Waals surface area contributed by atoms with Gasteiger partial charge in [-0.1, -0.05) is 0 Å². The van der Waals surface area contributed by atoms with E-state index in [4.69, 9.17) is 9.57 Å². The second-order valence-corrected chi connectivity index (χ2v) is 4.47. The maximum absolute atomic E-state index is 11.7. The van der Waals surface area contributed by atoms with Crippen LogP contribution in [0.25, 0.3) is 0 Å². The van der Waals surface area contributed by atoms with E-state index < -0.39 is 0 Å². The minimum atomic E-state index is -0.123. The monoisotopic (exact) mass is 243 g/mol. The van der Waals surface area contributed by atoms with Crippen LogP contribution in [0.2, 0.25) is 0 Å². The Morgan fingerprint density at radius 1 is 1.29 bits per heavy atom. The molecule has 0 aromatic heterocycles. The number of hydroxylamine groups is 2. The fraction of sp³-hybridized carbons (Fsp3) is 0.909. The summed E-state index contributed by atoms with van der Waals surface area (Å²) in [6.45, 7) is 7.56. The Morgan fingerprint density at radius 3 is 2.71 bits per heavy atom. The molecule has 0 aliphatic carbocycles. The summed E-state index contributed by atoms with van der Waals surface area (Å²) in [6.07, 6.45) is 0.923. The summed E-state index contributed by atoms with van der Waals surface area (Å²) in [6, 6.07) is 0.216. The van der Waals surface area contributed by atoms with E-state index in [9.17, 15) is 4.79 Å². The summed E-state index contributed by atoms with van der Waals surface area (Å²) in [4.78, 5) is 19.2. The summed E-state index contributed by atoms with van der Waals surface area (Å²) < 4.78 is 5.30. The molecule has 0 aromatic rings. The lowest BCUT2D eigenvalue weighted by Gasteiger charge is -2.32. The van der Waals surface area contributed by atoms with Gasteiger partial charge in [0, 0.05) is 25.7 Å². The van der Waals surface area contributed by atoms with Gasteiger partial charge in [0.1, 0.15) is 0 Å². The Hall–Kier alpha value is -0.850. The molecule has 2 aliphatic heterocycles. The first kappa shape index (κ1) is 12.6. The Labute approximate surface area is 102 Å². The Balaban J connectivity index is 1.67. The van der Waals surface area contributed by atoms with Crippen molar-refractivity contribution in [2.75, 3.05) is 46.0 Å². The third kappa shape index (κ3) is 3.55. The Morgan fingerprint density at radius 2 is 2.06 bits per heavy atom. The van der Waals surface area contributed by atoms with Gasteiger partial charge >= 0.3 is 6.03 Å². The zero-order valence-electron chi connectivity index (χ0n) is 10.4. The summed E-state index contributed by atoms with van der Waals surface area (Å²) in [5, 5.41) is 4.31. The normalized spacial score (nSPS) is 23.7. The van der Waals surface area contributed by atoms with Crippen molar-refractivity contribution >= 4 is 6.03 Å². The van der Waals surface area contributed by atoms with Crippen LogP contribution >= 0.6 is 0 Å². The van der Waals surface area contributed by atoms with E-state index in [1.165, 1.54) is 5.06 Å². The summed E-state index contributed by atoms with van der Waals surface area (Å²) in [5.74, 6) is 0. The molecule has 17 heavy (non-hydrogen) atoms.